The van der Waals surface area contributed by atoms with E-state index in [9.17, 15) is 0 Å². The minimum absolute atomic E-state index is 0.439. The summed E-state index contributed by atoms with van der Waals surface area (Å²) in [5, 5.41) is 5.74. The third-order valence-electron chi connectivity index (χ3n) is 10.8. The smallest absolute Gasteiger partial charge is 0.0738 e. The molecule has 2 aliphatic rings. The van der Waals surface area contributed by atoms with Gasteiger partial charge in [0.2, 0.25) is 0 Å². The zero-order valence-corrected chi connectivity index (χ0v) is 44.9. The first-order valence-corrected chi connectivity index (χ1v) is 26.7. The van der Waals surface area contributed by atoms with Crippen LogP contribution < -0.4 is 0 Å². The summed E-state index contributed by atoms with van der Waals surface area (Å²) in [6.45, 7) is 0. The summed E-state index contributed by atoms with van der Waals surface area (Å²) < 4.78 is 0. The van der Waals surface area contributed by atoms with Gasteiger partial charge >= 0.3 is 0 Å². The highest BCUT2D eigenvalue weighted by Crippen LogP contribution is 2.47. The first-order chi connectivity index (χ1) is 30.8. The van der Waals surface area contributed by atoms with Crippen LogP contribution in [0.4, 0.5) is 0 Å². The Kier molecular flexibility index (Phi) is 14.2. The number of hydrogen-bond donors (Lipinski definition) is 2. The number of benzene rings is 4. The lowest BCUT2D eigenvalue weighted by atomic mass is 10.0. The molecule has 2 aliphatic heterocycles. The Morgan fingerprint density at radius 2 is 0.500 bits per heavy atom. The van der Waals surface area contributed by atoms with Gasteiger partial charge < -0.3 is 9.97 Å². The third-order valence-corrected chi connectivity index (χ3v) is 15.8. The Balaban J connectivity index is 1.53. The Labute approximate surface area is 441 Å². The molecule has 9 rings (SSSR count). The SMILES string of the molecule is Clc1cc(CBr)cc(Cl)c1-c1c2nc(c(-c3c(Cl)cc(CBr)cc3Cl)c3ccc([nH]3)c(-c3c(Cl)cc(CBr)cc3Cl)c3nc(c(-c4c(Cl)cc(CBr)cc4Cl)c4ccc1[nH]4)C=C3)C=C2. The van der Waals surface area contributed by atoms with Crippen molar-refractivity contribution < 1.29 is 0 Å². The highest BCUT2D eigenvalue weighted by atomic mass is 79.9. The summed E-state index contributed by atoms with van der Waals surface area (Å²) in [7, 11) is 0. The van der Waals surface area contributed by atoms with Crippen molar-refractivity contribution in [1.29, 1.82) is 0 Å². The standard InChI is InChI=1S/C48H26Br4Cl8N4/c49-17-21-9-25(53)41(26(54)10-21)45-33-1-2-34(61-33)46(42-27(55)11-22(18-50)12-28(42)56)36-5-6-38(63-36)48(44-31(59)15-24(20-52)16-32(44)60)40-8-7-39(64-40)47(37-4-3-35(45)62-37)43-29(57)13-23(19-51)14-30(43)58/h1-16,61,64H,17-20H2. The Morgan fingerprint density at radius 3 is 0.672 bits per heavy atom. The van der Waals surface area contributed by atoms with Gasteiger partial charge in [0.15, 0.2) is 0 Å². The number of H-pyrrole nitrogens is 2. The van der Waals surface area contributed by atoms with Gasteiger partial charge in [-0.1, -0.05) is 157 Å². The summed E-state index contributed by atoms with van der Waals surface area (Å²) >= 11 is 71.6. The zero-order valence-electron chi connectivity index (χ0n) is 32.5. The van der Waals surface area contributed by atoms with Crippen molar-refractivity contribution in [3.8, 4) is 44.5 Å². The van der Waals surface area contributed by atoms with Crippen molar-refractivity contribution in [3.05, 3.63) is 158 Å². The first kappa shape index (κ1) is 46.8. The van der Waals surface area contributed by atoms with E-state index in [4.69, 9.17) is 103 Å². The molecular weight excluding hydrogens is 1240 g/mol. The van der Waals surface area contributed by atoms with Gasteiger partial charge in [0.05, 0.1) is 63.0 Å². The summed E-state index contributed by atoms with van der Waals surface area (Å²) in [4.78, 5) is 18.1. The van der Waals surface area contributed by atoms with E-state index in [0.717, 1.165) is 22.3 Å². The monoisotopic (exact) mass is 1250 g/mol. The number of rotatable bonds is 8. The number of nitrogens with zero attached hydrogens (tertiary/aromatic N) is 2. The molecule has 0 saturated carbocycles. The van der Waals surface area contributed by atoms with Crippen LogP contribution in [0.3, 0.4) is 0 Å². The molecule has 322 valence electrons. The Hall–Kier alpha value is -2.28. The fourth-order valence-corrected chi connectivity index (χ4v) is 12.2. The molecule has 4 nitrogen and oxygen atoms in total. The van der Waals surface area contributed by atoms with Gasteiger partial charge in [-0.25, -0.2) is 9.97 Å². The van der Waals surface area contributed by atoms with Gasteiger partial charge in [0, 0.05) is 87.9 Å². The molecule has 0 fully saturated rings. The van der Waals surface area contributed by atoms with Crippen LogP contribution in [0.25, 0.3) is 90.9 Å². The van der Waals surface area contributed by atoms with Gasteiger partial charge in [-0.3, -0.25) is 0 Å². The molecule has 3 aromatic heterocycles. The molecular formula is C48H26Br4Cl8N4. The maximum absolute atomic E-state index is 7.17. The van der Waals surface area contributed by atoms with Crippen LogP contribution in [-0.2, 0) is 21.3 Å². The van der Waals surface area contributed by atoms with Crippen LogP contribution in [0, 0.1) is 0 Å². The maximum Gasteiger partial charge on any atom is 0.0738 e. The highest BCUT2D eigenvalue weighted by Gasteiger charge is 2.25. The number of alkyl halides is 4. The van der Waals surface area contributed by atoms with Crippen molar-refractivity contribution in [3.63, 3.8) is 0 Å². The molecule has 8 bridgehead atoms. The second kappa shape index (κ2) is 19.4. The molecule has 16 heteroatoms. The van der Waals surface area contributed by atoms with Gasteiger partial charge in [0.25, 0.3) is 0 Å². The second-order valence-electron chi connectivity index (χ2n) is 14.8. The molecule has 4 aromatic carbocycles. The topological polar surface area (TPSA) is 57.4 Å². The van der Waals surface area contributed by atoms with Crippen LogP contribution >= 0.6 is 157 Å². The van der Waals surface area contributed by atoms with E-state index in [1.807, 2.05) is 97.1 Å². The molecule has 0 radical (unpaired) electrons. The van der Waals surface area contributed by atoms with Gasteiger partial charge in [-0.05, 0) is 119 Å². The van der Waals surface area contributed by atoms with E-state index < -0.39 is 0 Å². The predicted molar refractivity (Wildman–Crippen MR) is 291 cm³/mol. The van der Waals surface area contributed by atoms with Crippen LogP contribution in [-0.4, -0.2) is 19.9 Å². The highest BCUT2D eigenvalue weighted by molar-refractivity contribution is 9.09. The average Bonchev–Trinajstić information content (AvgIpc) is 4.11. The molecule has 64 heavy (non-hydrogen) atoms. The van der Waals surface area contributed by atoms with Crippen molar-refractivity contribution in [2.45, 2.75) is 21.3 Å². The first-order valence-electron chi connectivity index (χ1n) is 19.2. The summed E-state index contributed by atoms with van der Waals surface area (Å²) in [5.41, 5.74) is 13.5. The minimum atomic E-state index is 0.439. The lowest BCUT2D eigenvalue weighted by molar-refractivity contribution is 1.31. The lowest BCUT2D eigenvalue weighted by Gasteiger charge is -2.13. The second-order valence-corrected chi connectivity index (χ2v) is 20.3. The predicted octanol–water partition coefficient (Wildman–Crippen LogP) is 20.1. The van der Waals surface area contributed by atoms with Gasteiger partial charge in [0.1, 0.15) is 0 Å². The van der Waals surface area contributed by atoms with Gasteiger partial charge in [-0.15, -0.1) is 0 Å². The quantitative estimate of drug-likeness (QED) is 0.149. The average molecular weight is 1260 g/mol. The molecule has 0 aliphatic carbocycles. The molecule has 2 N–H and O–H groups in total. The fraction of sp³-hybridized carbons (Fsp3) is 0.0833. The third kappa shape index (κ3) is 8.71. The lowest BCUT2D eigenvalue weighted by Crippen LogP contribution is -1.93. The summed E-state index contributed by atoms with van der Waals surface area (Å²) in [6.07, 6.45) is 7.71. The van der Waals surface area contributed by atoms with Crippen LogP contribution in [0.1, 0.15) is 45.0 Å². The molecule has 7 aromatic rings. The van der Waals surface area contributed by atoms with Crippen molar-refractivity contribution in [1.82, 2.24) is 19.9 Å². The van der Waals surface area contributed by atoms with Gasteiger partial charge in [-0.2, -0.15) is 0 Å². The minimum Gasteiger partial charge on any atom is -0.354 e. The molecule has 0 amide bonds. The number of aromatic nitrogens is 4. The Morgan fingerprint density at radius 1 is 0.312 bits per heavy atom. The van der Waals surface area contributed by atoms with E-state index in [0.29, 0.717) is 151 Å². The van der Waals surface area contributed by atoms with Crippen molar-refractivity contribution in [2.75, 3.05) is 0 Å². The number of aromatic amines is 2. The van der Waals surface area contributed by atoms with E-state index >= 15 is 0 Å². The fourth-order valence-electron chi connectivity index (χ4n) is 8.02. The van der Waals surface area contributed by atoms with E-state index in [1.54, 1.807) is 0 Å². The van der Waals surface area contributed by atoms with Crippen molar-refractivity contribution >= 4 is 203 Å². The van der Waals surface area contributed by atoms with E-state index in [2.05, 4.69) is 73.7 Å². The summed E-state index contributed by atoms with van der Waals surface area (Å²) in [5.74, 6) is 0. The molecule has 0 unspecified atom stereocenters. The van der Waals surface area contributed by atoms with Crippen LogP contribution in [0.15, 0.2) is 72.8 Å². The molecule has 5 heterocycles. The normalized spacial score (nSPS) is 12.2. The summed E-state index contributed by atoms with van der Waals surface area (Å²) in [6, 6.07) is 22.9. The number of fused-ring (bicyclic) bond motifs is 8. The van der Waals surface area contributed by atoms with E-state index in [-0.39, 0.29) is 0 Å². The molecule has 0 atom stereocenters. The van der Waals surface area contributed by atoms with Crippen LogP contribution in [0.2, 0.25) is 40.2 Å². The number of hydrogen-bond acceptors (Lipinski definition) is 2. The zero-order chi connectivity index (χ0) is 45.1. The Bertz CT molecular complexity index is 2820. The number of halogens is 12. The number of nitrogens with one attached hydrogen (secondary N) is 2. The molecule has 0 spiro atoms. The molecule has 0 saturated heterocycles. The largest absolute Gasteiger partial charge is 0.354 e. The van der Waals surface area contributed by atoms with E-state index in [1.165, 1.54) is 0 Å². The van der Waals surface area contributed by atoms with Crippen LogP contribution in [0.5, 0.6) is 0 Å². The van der Waals surface area contributed by atoms with Crippen molar-refractivity contribution in [2.24, 2.45) is 0 Å². The maximum atomic E-state index is 7.17.